The van der Waals surface area contributed by atoms with Gasteiger partial charge in [0.05, 0.1) is 13.0 Å². The predicted molar refractivity (Wildman–Crippen MR) is 132 cm³/mol. The molecule has 2 aliphatic rings. The molecule has 3 atom stereocenters. The zero-order valence-electron chi connectivity index (χ0n) is 19.2. The van der Waals surface area contributed by atoms with Crippen LogP contribution in [-0.4, -0.2) is 42.5 Å². The first-order chi connectivity index (χ1) is 16.9. The lowest BCUT2D eigenvalue weighted by molar-refractivity contribution is -0.534. The summed E-state index contributed by atoms with van der Waals surface area (Å²) in [7, 11) is 3.29. The lowest BCUT2D eigenvalue weighted by Gasteiger charge is -2.30. The van der Waals surface area contributed by atoms with E-state index in [4.69, 9.17) is 21.1 Å². The van der Waals surface area contributed by atoms with Crippen LogP contribution >= 0.6 is 11.6 Å². The molecule has 9 heteroatoms. The maximum Gasteiger partial charge on any atom is 0.256 e. The van der Waals surface area contributed by atoms with E-state index in [2.05, 4.69) is 5.32 Å². The molecule has 0 radical (unpaired) electrons. The Labute approximate surface area is 207 Å². The Kier molecular flexibility index (Phi) is 5.86. The molecule has 8 nitrogen and oxygen atoms in total. The second kappa shape index (κ2) is 8.87. The first-order valence-electron chi connectivity index (χ1n) is 11.2. The normalized spacial score (nSPS) is 23.2. The van der Waals surface area contributed by atoms with Crippen LogP contribution in [0, 0.1) is 10.1 Å². The second-order valence-corrected chi connectivity index (χ2v) is 9.25. The molecule has 0 bridgehead atoms. The summed E-state index contributed by atoms with van der Waals surface area (Å²) in [4.78, 5) is 27.2. The van der Waals surface area contributed by atoms with E-state index in [1.54, 1.807) is 60.5 Å². The molecule has 5 rings (SSSR count). The minimum Gasteiger partial charge on any atom is -0.493 e. The van der Waals surface area contributed by atoms with Gasteiger partial charge in [-0.1, -0.05) is 48.0 Å². The van der Waals surface area contributed by atoms with E-state index in [1.807, 2.05) is 18.2 Å². The topological polar surface area (TPSA) is 93.9 Å². The fourth-order valence-electron chi connectivity index (χ4n) is 5.36. The van der Waals surface area contributed by atoms with Crippen molar-refractivity contribution in [2.24, 2.45) is 0 Å². The van der Waals surface area contributed by atoms with E-state index in [-0.39, 0.29) is 10.8 Å². The van der Waals surface area contributed by atoms with Gasteiger partial charge in [-0.15, -0.1) is 0 Å². The van der Waals surface area contributed by atoms with Crippen LogP contribution < -0.4 is 14.8 Å². The minimum absolute atomic E-state index is 0.316. The first kappa shape index (κ1) is 23.1. The van der Waals surface area contributed by atoms with Crippen molar-refractivity contribution in [3.05, 3.63) is 98.6 Å². The average Bonchev–Trinajstić information content (AvgIpc) is 3.33. The quantitative estimate of drug-likeness (QED) is 0.403. The number of nitro groups is 1. The molecule has 1 fully saturated rings. The molecule has 35 heavy (non-hydrogen) atoms. The lowest BCUT2D eigenvalue weighted by Crippen LogP contribution is -2.54. The molecular formula is C26H24ClN3O5. The smallest absolute Gasteiger partial charge is 0.256 e. The Bertz CT molecular complexity index is 1300. The number of para-hydroxylation sites is 1. The van der Waals surface area contributed by atoms with Gasteiger partial charge in [-0.25, -0.2) is 0 Å². The summed E-state index contributed by atoms with van der Waals surface area (Å²) in [6.45, 7) is 0.651. The van der Waals surface area contributed by atoms with Gasteiger partial charge < -0.3 is 14.8 Å². The van der Waals surface area contributed by atoms with Crippen LogP contribution in [0.3, 0.4) is 0 Å². The molecule has 0 aromatic heterocycles. The number of fused-ring (bicyclic) bond motifs is 2. The van der Waals surface area contributed by atoms with Crippen LogP contribution in [0.25, 0.3) is 0 Å². The third kappa shape index (κ3) is 3.69. The number of hydrogen-bond acceptors (Lipinski definition) is 6. The Morgan fingerprint density at radius 3 is 2.60 bits per heavy atom. The van der Waals surface area contributed by atoms with Gasteiger partial charge >= 0.3 is 0 Å². The lowest BCUT2D eigenvalue weighted by atomic mass is 9.79. The molecular weight excluding hydrogens is 470 g/mol. The van der Waals surface area contributed by atoms with Gasteiger partial charge in [0.1, 0.15) is 6.61 Å². The van der Waals surface area contributed by atoms with Crippen LogP contribution in [0.5, 0.6) is 11.5 Å². The summed E-state index contributed by atoms with van der Waals surface area (Å²) < 4.78 is 11.5. The first-order valence-corrected chi connectivity index (χ1v) is 11.5. The molecule has 1 spiro atoms. The molecule has 180 valence electrons. The summed E-state index contributed by atoms with van der Waals surface area (Å²) in [5.41, 5.74) is 1.51. The molecule has 0 saturated carbocycles. The molecule has 1 N–H and O–H groups in total. The number of carbonyl (C=O) groups is 1. The highest BCUT2D eigenvalue weighted by Gasteiger charge is 2.68. The van der Waals surface area contributed by atoms with Gasteiger partial charge in [-0.2, -0.15) is 0 Å². The summed E-state index contributed by atoms with van der Waals surface area (Å²) in [6.07, 6.45) is 0. The highest BCUT2D eigenvalue weighted by molar-refractivity contribution is 6.30. The monoisotopic (exact) mass is 493 g/mol. The SMILES string of the molecule is COc1cc([C@@H]2CN(C)[C@@]3(C(=O)Nc4ccccc43)[C@@H]2[N+](=O)[O-])ccc1OCc1ccc(Cl)cc1. The molecule has 2 heterocycles. The van der Waals surface area contributed by atoms with Crippen LogP contribution in [0.15, 0.2) is 66.7 Å². The van der Waals surface area contributed by atoms with Crippen molar-refractivity contribution < 1.29 is 19.2 Å². The number of methoxy groups -OCH3 is 1. The minimum atomic E-state index is -1.39. The number of carbonyl (C=O) groups excluding carboxylic acids is 1. The molecule has 3 aromatic rings. The zero-order chi connectivity index (χ0) is 24.7. The number of likely N-dealkylation sites (tertiary alicyclic amines) is 1. The van der Waals surface area contributed by atoms with Crippen molar-refractivity contribution in [3.63, 3.8) is 0 Å². The number of rotatable bonds is 6. The highest BCUT2D eigenvalue weighted by Crippen LogP contribution is 2.52. The number of anilines is 1. The number of hydrogen-bond donors (Lipinski definition) is 1. The number of amides is 1. The van der Waals surface area contributed by atoms with Gasteiger partial charge in [-0.05, 0) is 48.5 Å². The number of halogens is 1. The highest BCUT2D eigenvalue weighted by atomic mass is 35.5. The van der Waals surface area contributed by atoms with Crippen LogP contribution in [-0.2, 0) is 16.9 Å². The summed E-state index contributed by atoms with van der Waals surface area (Å²) in [6, 6.07) is 18.7. The van der Waals surface area contributed by atoms with E-state index in [9.17, 15) is 14.9 Å². The number of nitrogens with one attached hydrogen (secondary N) is 1. The summed E-state index contributed by atoms with van der Waals surface area (Å²) in [5, 5.41) is 16.0. The number of likely N-dealkylation sites (N-methyl/N-ethyl adjacent to an activating group) is 1. The number of benzene rings is 3. The van der Waals surface area contributed by atoms with Crippen molar-refractivity contribution in [1.82, 2.24) is 4.90 Å². The summed E-state index contributed by atoms with van der Waals surface area (Å²) in [5.74, 6) is 0.0821. The van der Waals surface area contributed by atoms with E-state index in [1.165, 1.54) is 7.11 Å². The van der Waals surface area contributed by atoms with E-state index < -0.39 is 17.5 Å². The fourth-order valence-corrected chi connectivity index (χ4v) is 5.48. The Morgan fingerprint density at radius 2 is 1.89 bits per heavy atom. The Morgan fingerprint density at radius 1 is 1.14 bits per heavy atom. The van der Waals surface area contributed by atoms with Crippen LogP contribution in [0.1, 0.15) is 22.6 Å². The van der Waals surface area contributed by atoms with Crippen LogP contribution in [0.2, 0.25) is 5.02 Å². The third-order valence-electron chi connectivity index (χ3n) is 6.96. The average molecular weight is 494 g/mol. The van der Waals surface area contributed by atoms with E-state index >= 15 is 0 Å². The van der Waals surface area contributed by atoms with E-state index in [0.29, 0.717) is 46.5 Å². The predicted octanol–water partition coefficient (Wildman–Crippen LogP) is 4.45. The number of nitrogens with zero attached hydrogens (tertiary/aromatic N) is 2. The van der Waals surface area contributed by atoms with Crippen LogP contribution in [0.4, 0.5) is 5.69 Å². The van der Waals surface area contributed by atoms with Crippen molar-refractivity contribution in [1.29, 1.82) is 0 Å². The molecule has 0 aliphatic carbocycles. The molecule has 1 amide bonds. The largest absolute Gasteiger partial charge is 0.493 e. The molecule has 1 saturated heterocycles. The third-order valence-corrected chi connectivity index (χ3v) is 7.22. The Balaban J connectivity index is 1.48. The van der Waals surface area contributed by atoms with Crippen molar-refractivity contribution in [3.8, 4) is 11.5 Å². The van der Waals surface area contributed by atoms with Gasteiger partial charge in [0.15, 0.2) is 17.0 Å². The van der Waals surface area contributed by atoms with Crippen molar-refractivity contribution >= 4 is 23.2 Å². The van der Waals surface area contributed by atoms with E-state index in [0.717, 1.165) is 5.56 Å². The van der Waals surface area contributed by atoms with Gasteiger partial charge in [0, 0.05) is 27.7 Å². The second-order valence-electron chi connectivity index (χ2n) is 8.81. The zero-order valence-corrected chi connectivity index (χ0v) is 20.0. The maximum atomic E-state index is 13.3. The van der Waals surface area contributed by atoms with Gasteiger partial charge in [0.25, 0.3) is 11.9 Å². The fraction of sp³-hybridized carbons (Fsp3) is 0.269. The molecule has 2 aliphatic heterocycles. The van der Waals surface area contributed by atoms with Crippen molar-refractivity contribution in [2.75, 3.05) is 26.0 Å². The molecule has 3 aromatic carbocycles. The Hall–Kier alpha value is -3.62. The van der Waals surface area contributed by atoms with Crippen molar-refractivity contribution in [2.45, 2.75) is 24.1 Å². The van der Waals surface area contributed by atoms with Gasteiger partial charge in [0.2, 0.25) is 0 Å². The van der Waals surface area contributed by atoms with Gasteiger partial charge in [-0.3, -0.25) is 19.8 Å². The number of ether oxygens (including phenoxy) is 2. The standard InChI is InChI=1S/C26H24ClN3O5/c1-29-14-19(24(30(32)33)26(29)20-5-3-4-6-21(20)28-25(26)31)17-9-12-22(23(13-17)34-2)35-15-16-7-10-18(27)11-8-16/h3-13,19,24H,14-15H2,1-2H3,(H,28,31)/t19-,24+,26+/m0/s1. The summed E-state index contributed by atoms with van der Waals surface area (Å²) >= 11 is 5.95. The molecule has 0 unspecified atom stereocenters. The maximum absolute atomic E-state index is 13.3.